The summed E-state index contributed by atoms with van der Waals surface area (Å²) in [5.74, 6) is -0.570. The predicted octanol–water partition coefficient (Wildman–Crippen LogP) is 4.35. The van der Waals surface area contributed by atoms with Crippen LogP contribution in [0.1, 0.15) is 16.0 Å². The van der Waals surface area contributed by atoms with Gasteiger partial charge in [0.25, 0.3) is 0 Å². The van der Waals surface area contributed by atoms with Gasteiger partial charge >= 0.3 is 6.18 Å². The Bertz CT molecular complexity index is 1460. The molecule has 0 unspecified atom stereocenters. The van der Waals surface area contributed by atoms with Gasteiger partial charge in [0.2, 0.25) is 18.2 Å². The number of carbonyl (C=O) groups excluding carboxylic acids is 3. The third kappa shape index (κ3) is 7.38. The number of piperazine rings is 1. The number of amides is 3. The summed E-state index contributed by atoms with van der Waals surface area (Å²) in [5, 5.41) is 3.42. The van der Waals surface area contributed by atoms with Crippen molar-refractivity contribution in [3.63, 3.8) is 0 Å². The van der Waals surface area contributed by atoms with E-state index in [0.29, 0.717) is 29.6 Å². The molecule has 212 valence electrons. The average molecular weight is 594 g/mol. The number of halogens is 4. The van der Waals surface area contributed by atoms with Gasteiger partial charge in [0.05, 0.1) is 23.3 Å². The van der Waals surface area contributed by atoms with E-state index < -0.39 is 18.6 Å². The molecular weight excluding hydrogens is 567 g/mol. The lowest BCUT2D eigenvalue weighted by molar-refractivity contribution is -0.148. The summed E-state index contributed by atoms with van der Waals surface area (Å²) >= 11 is 7.92. The van der Waals surface area contributed by atoms with Gasteiger partial charge in [-0.2, -0.15) is 13.2 Å². The van der Waals surface area contributed by atoms with Crippen LogP contribution >= 0.6 is 22.9 Å². The Morgan fingerprint density at radius 3 is 2.75 bits per heavy atom. The Labute approximate surface area is 238 Å². The van der Waals surface area contributed by atoms with E-state index in [1.807, 2.05) is 31.2 Å². The maximum Gasteiger partial charge on any atom is 0.406 e. The van der Waals surface area contributed by atoms with E-state index in [2.05, 4.69) is 15.2 Å². The minimum atomic E-state index is -4.58. The van der Waals surface area contributed by atoms with Crippen LogP contribution in [0.5, 0.6) is 0 Å². The Morgan fingerprint density at radius 1 is 1.27 bits per heavy atom. The normalized spacial score (nSPS) is 14.5. The van der Waals surface area contributed by atoms with Gasteiger partial charge in [-0.25, -0.2) is 0 Å². The van der Waals surface area contributed by atoms with E-state index in [1.165, 1.54) is 23.3 Å². The summed E-state index contributed by atoms with van der Waals surface area (Å²) < 4.78 is 38.6. The molecule has 0 saturated carbocycles. The molecule has 1 saturated heterocycles. The standard InChI is InChI=1S/C27H27ClF3N5O3S/c1-17-9-18(28)10-21(22(17)13-35-8-6-33-24(38)14-35)20-3-5-32-23-11-19(40-26(20)23)12-34(2)25(39)4-7-36(16-37)15-27(29,30)31/h3-5,7,9-11,16H,6,8,12-15H2,1-2H3,(H,33,38)/b7-4-. The molecule has 0 spiro atoms. The molecule has 13 heteroatoms. The summed E-state index contributed by atoms with van der Waals surface area (Å²) in [6.07, 6.45) is -1.11. The van der Waals surface area contributed by atoms with E-state index in [1.54, 1.807) is 6.20 Å². The van der Waals surface area contributed by atoms with Gasteiger partial charge in [-0.1, -0.05) is 11.6 Å². The Hall–Kier alpha value is -3.48. The number of nitrogens with one attached hydrogen (secondary N) is 1. The number of pyridine rings is 1. The van der Waals surface area contributed by atoms with Gasteiger partial charge in [0.15, 0.2) is 0 Å². The zero-order valence-electron chi connectivity index (χ0n) is 21.8. The summed E-state index contributed by atoms with van der Waals surface area (Å²) in [7, 11) is 1.52. The number of carbonyl (C=O) groups is 3. The second-order valence-corrected chi connectivity index (χ2v) is 11.1. The molecule has 4 rings (SSSR count). The van der Waals surface area contributed by atoms with E-state index in [-0.39, 0.29) is 18.9 Å². The fraction of sp³-hybridized carbons (Fsp3) is 0.333. The fourth-order valence-electron chi connectivity index (χ4n) is 4.48. The van der Waals surface area contributed by atoms with Gasteiger partial charge in [0, 0.05) is 60.6 Å². The molecule has 2 aromatic heterocycles. The number of alkyl halides is 3. The van der Waals surface area contributed by atoms with Crippen molar-refractivity contribution in [3.8, 4) is 11.1 Å². The van der Waals surface area contributed by atoms with Gasteiger partial charge < -0.3 is 15.1 Å². The monoisotopic (exact) mass is 593 g/mol. The van der Waals surface area contributed by atoms with Gasteiger partial charge in [-0.15, -0.1) is 11.3 Å². The SMILES string of the molecule is Cc1cc(Cl)cc(-c2ccnc3cc(CN(C)C(=O)/C=C\N(C=O)CC(F)(F)F)sc23)c1CN1CCNC(=O)C1. The second-order valence-electron chi connectivity index (χ2n) is 9.50. The molecule has 0 radical (unpaired) electrons. The number of nitrogens with zero attached hydrogens (tertiary/aromatic N) is 4. The largest absolute Gasteiger partial charge is 0.406 e. The van der Waals surface area contributed by atoms with Crippen molar-refractivity contribution in [3.05, 3.63) is 63.8 Å². The molecule has 3 heterocycles. The summed E-state index contributed by atoms with van der Waals surface area (Å²) in [5.41, 5.74) is 4.64. The molecule has 0 bridgehead atoms. The van der Waals surface area contributed by atoms with Crippen molar-refractivity contribution in [2.75, 3.05) is 33.2 Å². The smallest absolute Gasteiger partial charge is 0.354 e. The number of thiophene rings is 1. The van der Waals surface area contributed by atoms with Crippen LogP contribution in [0.25, 0.3) is 21.3 Å². The lowest BCUT2D eigenvalue weighted by Crippen LogP contribution is -2.47. The molecule has 1 aliphatic rings. The number of rotatable bonds is 9. The van der Waals surface area contributed by atoms with Crippen LogP contribution in [-0.2, 0) is 27.5 Å². The topological polar surface area (TPSA) is 85.8 Å². The molecule has 1 aliphatic heterocycles. The molecule has 0 aliphatic carbocycles. The quantitative estimate of drug-likeness (QED) is 0.295. The lowest BCUT2D eigenvalue weighted by atomic mass is 9.95. The third-order valence-electron chi connectivity index (χ3n) is 6.37. The van der Waals surface area contributed by atoms with Crippen molar-refractivity contribution in [2.24, 2.45) is 0 Å². The number of aromatic nitrogens is 1. The third-order valence-corrected chi connectivity index (χ3v) is 7.73. The molecule has 0 atom stereocenters. The first kappa shape index (κ1) is 29.5. The van der Waals surface area contributed by atoms with Crippen LogP contribution in [0.15, 0.2) is 42.7 Å². The molecule has 3 amide bonds. The number of likely N-dealkylation sites (N-methyl/N-ethyl adjacent to an activating group) is 1. The molecule has 3 aromatic rings. The maximum absolute atomic E-state index is 12.6. The van der Waals surface area contributed by atoms with E-state index in [4.69, 9.17) is 11.6 Å². The van der Waals surface area contributed by atoms with Crippen LogP contribution in [0.4, 0.5) is 13.2 Å². The molecular formula is C27H27ClF3N5O3S. The molecule has 1 N–H and O–H groups in total. The highest BCUT2D eigenvalue weighted by Gasteiger charge is 2.29. The number of fused-ring (bicyclic) bond motifs is 1. The van der Waals surface area contributed by atoms with Gasteiger partial charge in [0.1, 0.15) is 6.54 Å². The van der Waals surface area contributed by atoms with E-state index >= 15 is 0 Å². The zero-order chi connectivity index (χ0) is 29.0. The molecule has 1 aromatic carbocycles. The minimum Gasteiger partial charge on any atom is -0.354 e. The highest BCUT2D eigenvalue weighted by molar-refractivity contribution is 7.19. The van der Waals surface area contributed by atoms with Crippen LogP contribution < -0.4 is 5.32 Å². The predicted molar refractivity (Wildman–Crippen MR) is 148 cm³/mol. The molecule has 1 fully saturated rings. The van der Waals surface area contributed by atoms with E-state index in [9.17, 15) is 27.6 Å². The Morgan fingerprint density at radius 2 is 2.05 bits per heavy atom. The van der Waals surface area contributed by atoms with Crippen molar-refractivity contribution >= 4 is 51.4 Å². The number of hydrogen-bond donors (Lipinski definition) is 1. The van der Waals surface area contributed by atoms with Crippen molar-refractivity contribution in [2.45, 2.75) is 26.2 Å². The zero-order valence-corrected chi connectivity index (χ0v) is 23.4. The molecule has 40 heavy (non-hydrogen) atoms. The van der Waals surface area contributed by atoms with Crippen LogP contribution in [0.2, 0.25) is 5.02 Å². The second kappa shape index (κ2) is 12.4. The maximum atomic E-state index is 12.6. The number of benzene rings is 1. The molecule has 8 nitrogen and oxygen atoms in total. The van der Waals surface area contributed by atoms with Crippen molar-refractivity contribution in [1.29, 1.82) is 0 Å². The highest BCUT2D eigenvalue weighted by Crippen LogP contribution is 2.38. The van der Waals surface area contributed by atoms with Crippen LogP contribution in [-0.4, -0.2) is 77.3 Å². The van der Waals surface area contributed by atoms with E-state index in [0.717, 1.165) is 56.2 Å². The van der Waals surface area contributed by atoms with Crippen LogP contribution in [0, 0.1) is 6.92 Å². The highest BCUT2D eigenvalue weighted by atomic mass is 35.5. The fourth-order valence-corrected chi connectivity index (χ4v) is 5.95. The number of aryl methyl sites for hydroxylation is 1. The number of hydrogen-bond acceptors (Lipinski definition) is 6. The first-order valence-electron chi connectivity index (χ1n) is 12.3. The lowest BCUT2D eigenvalue weighted by Gasteiger charge is -2.28. The first-order chi connectivity index (χ1) is 18.9. The van der Waals surface area contributed by atoms with Gasteiger partial charge in [-0.05, 0) is 47.9 Å². The van der Waals surface area contributed by atoms with Gasteiger partial charge in [-0.3, -0.25) is 24.3 Å². The Kier molecular flexibility index (Phi) is 9.12. The van der Waals surface area contributed by atoms with Crippen molar-refractivity contribution < 1.29 is 27.6 Å². The average Bonchev–Trinajstić information content (AvgIpc) is 3.29. The first-order valence-corrected chi connectivity index (χ1v) is 13.5. The van der Waals surface area contributed by atoms with Crippen molar-refractivity contribution in [1.82, 2.24) is 25.0 Å². The minimum absolute atomic E-state index is 0.0126. The summed E-state index contributed by atoms with van der Waals surface area (Å²) in [4.78, 5) is 44.5. The van der Waals surface area contributed by atoms with Crippen LogP contribution in [0.3, 0.4) is 0 Å². The Balaban J connectivity index is 1.59. The summed E-state index contributed by atoms with van der Waals surface area (Å²) in [6, 6.07) is 7.58. The summed E-state index contributed by atoms with van der Waals surface area (Å²) in [6.45, 7) is 2.90.